The molecule has 0 aromatic heterocycles. The highest BCUT2D eigenvalue weighted by molar-refractivity contribution is 6.18. The van der Waals surface area contributed by atoms with Crippen LogP contribution in [0.25, 0.3) is 0 Å². The van der Waals surface area contributed by atoms with E-state index in [1.807, 2.05) is 0 Å². The van der Waals surface area contributed by atoms with Crippen LogP contribution in [0, 0.1) is 5.82 Å². The van der Waals surface area contributed by atoms with E-state index in [-0.39, 0.29) is 11.9 Å². The van der Waals surface area contributed by atoms with Crippen molar-refractivity contribution < 1.29 is 13.9 Å². The van der Waals surface area contributed by atoms with Gasteiger partial charge in [0.05, 0.1) is 18.6 Å². The highest BCUT2D eigenvalue weighted by atomic mass is 35.5. The maximum absolute atomic E-state index is 12.9. The van der Waals surface area contributed by atoms with Crippen molar-refractivity contribution in [2.75, 3.05) is 12.5 Å². The van der Waals surface area contributed by atoms with Crippen LogP contribution in [0.4, 0.5) is 4.39 Å². The molecular weight excluding hydrogens is 207 g/mol. The van der Waals surface area contributed by atoms with Gasteiger partial charge in [0.15, 0.2) is 6.29 Å². The molecular formula is C10H10ClFO2. The second-order valence-corrected chi connectivity index (χ2v) is 3.44. The van der Waals surface area contributed by atoms with Crippen molar-refractivity contribution in [2.45, 2.75) is 12.4 Å². The molecule has 4 heteroatoms. The molecule has 1 saturated heterocycles. The molecule has 0 bridgehead atoms. The molecule has 2 unspecified atom stereocenters. The molecule has 0 aliphatic carbocycles. The SMILES string of the molecule is Fc1cccc(C2OCC(CCl)O2)c1. The fourth-order valence-electron chi connectivity index (χ4n) is 1.36. The van der Waals surface area contributed by atoms with Gasteiger partial charge in [-0.3, -0.25) is 0 Å². The lowest BCUT2D eigenvalue weighted by molar-refractivity contribution is -0.0568. The monoisotopic (exact) mass is 216 g/mol. The average molecular weight is 217 g/mol. The van der Waals surface area contributed by atoms with E-state index in [0.29, 0.717) is 18.1 Å². The van der Waals surface area contributed by atoms with Gasteiger partial charge in [0.1, 0.15) is 5.82 Å². The molecule has 1 heterocycles. The summed E-state index contributed by atoms with van der Waals surface area (Å²) in [5, 5.41) is 0. The highest BCUT2D eigenvalue weighted by Crippen LogP contribution is 2.27. The minimum absolute atomic E-state index is 0.0927. The predicted octanol–water partition coefficient (Wildman–Crippen LogP) is 2.48. The first-order valence-corrected chi connectivity index (χ1v) is 4.91. The smallest absolute Gasteiger partial charge is 0.184 e. The molecule has 0 N–H and O–H groups in total. The summed E-state index contributed by atoms with van der Waals surface area (Å²) in [5.41, 5.74) is 0.692. The van der Waals surface area contributed by atoms with Crippen molar-refractivity contribution in [3.63, 3.8) is 0 Å². The van der Waals surface area contributed by atoms with E-state index >= 15 is 0 Å². The number of alkyl halides is 1. The van der Waals surface area contributed by atoms with Gasteiger partial charge in [-0.05, 0) is 12.1 Å². The Morgan fingerprint density at radius 1 is 1.50 bits per heavy atom. The van der Waals surface area contributed by atoms with E-state index in [9.17, 15) is 4.39 Å². The Morgan fingerprint density at radius 3 is 3.00 bits per heavy atom. The third kappa shape index (κ3) is 2.05. The van der Waals surface area contributed by atoms with E-state index in [4.69, 9.17) is 21.1 Å². The molecule has 0 spiro atoms. The Hall–Kier alpha value is -0.640. The molecule has 1 aliphatic rings. The molecule has 2 nitrogen and oxygen atoms in total. The maximum Gasteiger partial charge on any atom is 0.184 e. The zero-order valence-electron chi connectivity index (χ0n) is 7.45. The number of hydrogen-bond acceptors (Lipinski definition) is 2. The van der Waals surface area contributed by atoms with Gasteiger partial charge in [-0.25, -0.2) is 4.39 Å². The first-order chi connectivity index (χ1) is 6.79. The van der Waals surface area contributed by atoms with Crippen molar-refractivity contribution in [1.29, 1.82) is 0 Å². The third-order valence-corrected chi connectivity index (χ3v) is 2.39. The van der Waals surface area contributed by atoms with Crippen molar-refractivity contribution in [1.82, 2.24) is 0 Å². The van der Waals surface area contributed by atoms with Crippen molar-refractivity contribution in [3.8, 4) is 0 Å². The molecule has 0 radical (unpaired) electrons. The number of ether oxygens (including phenoxy) is 2. The van der Waals surface area contributed by atoms with E-state index in [2.05, 4.69) is 0 Å². The van der Waals surface area contributed by atoms with Gasteiger partial charge in [0, 0.05) is 5.56 Å². The molecule has 2 rings (SSSR count). The van der Waals surface area contributed by atoms with E-state index in [0.717, 1.165) is 0 Å². The summed E-state index contributed by atoms with van der Waals surface area (Å²) in [7, 11) is 0. The van der Waals surface area contributed by atoms with Gasteiger partial charge in [-0.1, -0.05) is 12.1 Å². The lowest BCUT2D eigenvalue weighted by atomic mass is 10.2. The largest absolute Gasteiger partial charge is 0.346 e. The number of hydrogen-bond donors (Lipinski definition) is 0. The van der Waals surface area contributed by atoms with Crippen LogP contribution in [-0.2, 0) is 9.47 Å². The number of benzene rings is 1. The van der Waals surface area contributed by atoms with Gasteiger partial charge in [-0.15, -0.1) is 11.6 Å². The van der Waals surface area contributed by atoms with Gasteiger partial charge in [0.2, 0.25) is 0 Å². The summed E-state index contributed by atoms with van der Waals surface area (Å²) in [6, 6.07) is 6.19. The lowest BCUT2D eigenvalue weighted by Crippen LogP contribution is -2.10. The normalized spacial score (nSPS) is 26.7. The van der Waals surface area contributed by atoms with Gasteiger partial charge in [-0.2, -0.15) is 0 Å². The lowest BCUT2D eigenvalue weighted by Gasteiger charge is -2.10. The molecule has 76 valence electrons. The van der Waals surface area contributed by atoms with Crippen molar-refractivity contribution in [3.05, 3.63) is 35.6 Å². The van der Waals surface area contributed by atoms with E-state index in [1.165, 1.54) is 12.1 Å². The van der Waals surface area contributed by atoms with Crippen LogP contribution in [0.1, 0.15) is 11.9 Å². The quantitative estimate of drug-likeness (QED) is 0.708. The van der Waals surface area contributed by atoms with Gasteiger partial charge >= 0.3 is 0 Å². The first kappa shape index (κ1) is 9.90. The first-order valence-electron chi connectivity index (χ1n) is 4.38. The number of halogens is 2. The van der Waals surface area contributed by atoms with E-state index < -0.39 is 6.29 Å². The summed E-state index contributed by atoms with van der Waals surface area (Å²) >= 11 is 5.61. The van der Waals surface area contributed by atoms with Crippen LogP contribution in [-0.4, -0.2) is 18.6 Å². The minimum Gasteiger partial charge on any atom is -0.346 e. The standard InChI is InChI=1S/C10H10ClFO2/c11-5-9-6-13-10(14-9)7-2-1-3-8(12)4-7/h1-4,9-10H,5-6H2. The Bertz CT molecular complexity index is 319. The average Bonchev–Trinajstić information content (AvgIpc) is 2.66. The summed E-state index contributed by atoms with van der Waals surface area (Å²) < 4.78 is 23.6. The summed E-state index contributed by atoms with van der Waals surface area (Å²) in [6.45, 7) is 0.463. The predicted molar refractivity (Wildman–Crippen MR) is 50.7 cm³/mol. The van der Waals surface area contributed by atoms with Gasteiger partial charge < -0.3 is 9.47 Å². The Balaban J connectivity index is 2.09. The van der Waals surface area contributed by atoms with Crippen molar-refractivity contribution >= 4 is 11.6 Å². The molecule has 2 atom stereocenters. The van der Waals surface area contributed by atoms with Crippen molar-refractivity contribution in [2.24, 2.45) is 0 Å². The molecule has 0 amide bonds. The summed E-state index contributed by atoms with van der Waals surface area (Å²) in [6.07, 6.45) is -0.570. The zero-order valence-corrected chi connectivity index (χ0v) is 8.21. The molecule has 14 heavy (non-hydrogen) atoms. The molecule has 1 aliphatic heterocycles. The summed E-state index contributed by atoms with van der Waals surface area (Å²) in [4.78, 5) is 0. The highest BCUT2D eigenvalue weighted by Gasteiger charge is 2.26. The van der Waals surface area contributed by atoms with Crippen LogP contribution >= 0.6 is 11.6 Å². The van der Waals surface area contributed by atoms with Crippen LogP contribution < -0.4 is 0 Å². The molecule has 1 aromatic rings. The van der Waals surface area contributed by atoms with Gasteiger partial charge in [0.25, 0.3) is 0 Å². The fourth-order valence-corrected chi connectivity index (χ4v) is 1.52. The second kappa shape index (κ2) is 4.26. The Morgan fingerprint density at radius 2 is 2.36 bits per heavy atom. The minimum atomic E-state index is -0.477. The second-order valence-electron chi connectivity index (χ2n) is 3.13. The zero-order chi connectivity index (χ0) is 9.97. The van der Waals surface area contributed by atoms with Crippen LogP contribution in [0.2, 0.25) is 0 Å². The van der Waals surface area contributed by atoms with Crippen LogP contribution in [0.5, 0.6) is 0 Å². The van der Waals surface area contributed by atoms with Crippen LogP contribution in [0.15, 0.2) is 24.3 Å². The Labute approximate surface area is 86.6 Å². The Kier molecular flexibility index (Phi) is 3.01. The molecule has 1 fully saturated rings. The topological polar surface area (TPSA) is 18.5 Å². The maximum atomic E-state index is 12.9. The number of rotatable bonds is 2. The fraction of sp³-hybridized carbons (Fsp3) is 0.400. The molecule has 0 saturated carbocycles. The third-order valence-electron chi connectivity index (χ3n) is 2.04. The summed E-state index contributed by atoms with van der Waals surface area (Å²) in [5.74, 6) is 0.107. The van der Waals surface area contributed by atoms with Crippen LogP contribution in [0.3, 0.4) is 0 Å². The van der Waals surface area contributed by atoms with E-state index in [1.54, 1.807) is 12.1 Å². The molecule has 1 aromatic carbocycles.